The maximum Gasteiger partial charge on any atom is 0.432 e. The molecular formula is C7H7F5O5S. The molecule has 0 aromatic rings. The van der Waals surface area contributed by atoms with E-state index in [1.54, 1.807) is 0 Å². The van der Waals surface area contributed by atoms with Gasteiger partial charge in [-0.15, -0.1) is 0 Å². The smallest absolute Gasteiger partial charge is 0.432 e. The molecule has 5 nitrogen and oxygen atoms in total. The summed E-state index contributed by atoms with van der Waals surface area (Å²) in [5.41, 5.74) is 0. The standard InChI is InChI=1S/C7H7F5O5S/c8-6(9,10)5(7(11,12)18(14,15)16)17-4(13)3-1-2-3/h3,5H,1-2H2,(H,14,15,16). The average molecular weight is 298 g/mol. The van der Waals surface area contributed by atoms with E-state index in [-0.39, 0.29) is 12.8 Å². The second kappa shape index (κ2) is 4.30. The second-order valence-electron chi connectivity index (χ2n) is 3.67. The summed E-state index contributed by atoms with van der Waals surface area (Å²) in [6.45, 7) is 0. The molecular weight excluding hydrogens is 291 g/mol. The van der Waals surface area contributed by atoms with Crippen LogP contribution in [0.1, 0.15) is 12.8 Å². The third-order valence-corrected chi connectivity index (χ3v) is 2.99. The SMILES string of the molecule is O=C(OC(C(F)(F)F)C(F)(F)S(=O)(=O)O)C1CC1. The van der Waals surface area contributed by atoms with Gasteiger partial charge in [0.05, 0.1) is 5.92 Å². The van der Waals surface area contributed by atoms with E-state index >= 15 is 0 Å². The van der Waals surface area contributed by atoms with Gasteiger partial charge in [0, 0.05) is 0 Å². The van der Waals surface area contributed by atoms with E-state index in [0.29, 0.717) is 0 Å². The first-order valence-electron chi connectivity index (χ1n) is 4.49. The van der Waals surface area contributed by atoms with Crippen molar-refractivity contribution in [3.8, 4) is 0 Å². The molecule has 0 heterocycles. The quantitative estimate of drug-likeness (QED) is 0.481. The molecule has 1 atom stereocenters. The number of esters is 1. The molecule has 0 bridgehead atoms. The molecule has 1 saturated carbocycles. The highest BCUT2D eigenvalue weighted by atomic mass is 32.2. The fraction of sp³-hybridized carbons (Fsp3) is 0.857. The van der Waals surface area contributed by atoms with Crippen LogP contribution in [-0.2, 0) is 19.6 Å². The molecule has 1 fully saturated rings. The zero-order valence-electron chi connectivity index (χ0n) is 8.45. The zero-order valence-corrected chi connectivity index (χ0v) is 9.26. The Kier molecular flexibility index (Phi) is 3.60. The van der Waals surface area contributed by atoms with Crippen molar-refractivity contribution in [2.45, 2.75) is 30.4 Å². The lowest BCUT2D eigenvalue weighted by Crippen LogP contribution is -2.52. The molecule has 0 saturated heterocycles. The topological polar surface area (TPSA) is 80.7 Å². The summed E-state index contributed by atoms with van der Waals surface area (Å²) < 4.78 is 94.6. The molecule has 106 valence electrons. The maximum atomic E-state index is 12.9. The lowest BCUT2D eigenvalue weighted by atomic mass is 10.3. The van der Waals surface area contributed by atoms with Gasteiger partial charge in [-0.05, 0) is 12.8 Å². The van der Waals surface area contributed by atoms with E-state index < -0.39 is 39.5 Å². The van der Waals surface area contributed by atoms with E-state index in [4.69, 9.17) is 4.55 Å². The summed E-state index contributed by atoms with van der Waals surface area (Å²) in [7, 11) is -6.37. The van der Waals surface area contributed by atoms with E-state index in [1.165, 1.54) is 0 Å². The van der Waals surface area contributed by atoms with Crippen LogP contribution >= 0.6 is 0 Å². The summed E-state index contributed by atoms with van der Waals surface area (Å²) in [5.74, 6) is -2.51. The predicted molar refractivity (Wildman–Crippen MR) is 45.2 cm³/mol. The first-order valence-corrected chi connectivity index (χ1v) is 5.93. The van der Waals surface area contributed by atoms with Gasteiger partial charge in [-0.1, -0.05) is 0 Å². The molecule has 0 spiro atoms. The van der Waals surface area contributed by atoms with Gasteiger partial charge in [0.25, 0.3) is 6.10 Å². The van der Waals surface area contributed by atoms with Crippen molar-refractivity contribution in [3.63, 3.8) is 0 Å². The molecule has 11 heteroatoms. The zero-order chi connectivity index (χ0) is 14.4. The third-order valence-electron chi connectivity index (χ3n) is 2.09. The number of hydrogen-bond acceptors (Lipinski definition) is 4. The van der Waals surface area contributed by atoms with Crippen LogP contribution in [0.4, 0.5) is 22.0 Å². The first kappa shape index (κ1) is 15.1. The molecule has 1 aliphatic carbocycles. The van der Waals surface area contributed by atoms with Gasteiger partial charge in [-0.3, -0.25) is 9.35 Å². The Morgan fingerprint density at radius 1 is 1.22 bits per heavy atom. The van der Waals surface area contributed by atoms with Crippen LogP contribution in [0.5, 0.6) is 0 Å². The lowest BCUT2D eigenvalue weighted by Gasteiger charge is -2.25. The van der Waals surface area contributed by atoms with Gasteiger partial charge in [0.15, 0.2) is 0 Å². The predicted octanol–water partition coefficient (Wildman–Crippen LogP) is 1.35. The Hall–Kier alpha value is -0.970. The molecule has 1 N–H and O–H groups in total. The van der Waals surface area contributed by atoms with Gasteiger partial charge >= 0.3 is 27.5 Å². The van der Waals surface area contributed by atoms with Gasteiger partial charge < -0.3 is 4.74 Å². The van der Waals surface area contributed by atoms with E-state index in [0.717, 1.165) is 0 Å². The Balaban J connectivity index is 3.02. The van der Waals surface area contributed by atoms with Crippen LogP contribution < -0.4 is 0 Å². The van der Waals surface area contributed by atoms with Gasteiger partial charge in [-0.25, -0.2) is 0 Å². The number of hydrogen-bond donors (Lipinski definition) is 1. The molecule has 0 aliphatic heterocycles. The van der Waals surface area contributed by atoms with Crippen molar-refractivity contribution in [2.75, 3.05) is 0 Å². The normalized spacial score (nSPS) is 19.4. The Morgan fingerprint density at radius 3 is 1.94 bits per heavy atom. The van der Waals surface area contributed by atoms with Crippen molar-refractivity contribution in [1.82, 2.24) is 0 Å². The largest absolute Gasteiger partial charge is 0.444 e. The van der Waals surface area contributed by atoms with Crippen molar-refractivity contribution >= 4 is 16.1 Å². The van der Waals surface area contributed by atoms with E-state index in [9.17, 15) is 35.2 Å². The first-order chi connectivity index (χ1) is 7.87. The van der Waals surface area contributed by atoms with Crippen molar-refractivity contribution < 1.29 is 44.5 Å². The fourth-order valence-electron chi connectivity index (χ4n) is 0.993. The van der Waals surface area contributed by atoms with Crippen LogP contribution in [0.3, 0.4) is 0 Å². The molecule has 18 heavy (non-hydrogen) atoms. The Bertz CT molecular complexity index is 438. The molecule has 1 aliphatic rings. The highest BCUT2D eigenvalue weighted by Crippen LogP contribution is 2.40. The van der Waals surface area contributed by atoms with Gasteiger partial charge in [-0.2, -0.15) is 30.4 Å². The molecule has 1 rings (SSSR count). The molecule has 0 aromatic heterocycles. The number of rotatable bonds is 4. The highest BCUT2D eigenvalue weighted by Gasteiger charge is 2.66. The van der Waals surface area contributed by atoms with E-state index in [1.807, 2.05) is 0 Å². The van der Waals surface area contributed by atoms with Crippen LogP contribution in [0, 0.1) is 5.92 Å². The summed E-state index contributed by atoms with van der Waals surface area (Å²) in [5, 5.41) is -5.66. The number of alkyl halides is 5. The summed E-state index contributed by atoms with van der Waals surface area (Å²) in [4.78, 5) is 10.9. The summed E-state index contributed by atoms with van der Waals surface area (Å²) in [6, 6.07) is 0. The van der Waals surface area contributed by atoms with Gasteiger partial charge in [0.1, 0.15) is 0 Å². The number of halogens is 5. The van der Waals surface area contributed by atoms with Crippen LogP contribution in [-0.4, -0.2) is 36.5 Å². The van der Waals surface area contributed by atoms with Crippen molar-refractivity contribution in [3.05, 3.63) is 0 Å². The summed E-state index contributed by atoms with van der Waals surface area (Å²) >= 11 is 0. The third kappa shape index (κ3) is 3.07. The molecule has 0 radical (unpaired) electrons. The number of carbonyl (C=O) groups excluding carboxylic acids is 1. The summed E-state index contributed by atoms with van der Waals surface area (Å²) in [6.07, 6.45) is -9.70. The van der Waals surface area contributed by atoms with Gasteiger partial charge in [0.2, 0.25) is 0 Å². The second-order valence-corrected chi connectivity index (χ2v) is 5.16. The monoisotopic (exact) mass is 298 g/mol. The minimum Gasteiger partial charge on any atom is -0.444 e. The lowest BCUT2D eigenvalue weighted by molar-refractivity contribution is -0.259. The maximum absolute atomic E-state index is 12.9. The average Bonchev–Trinajstić information content (AvgIpc) is 2.92. The van der Waals surface area contributed by atoms with E-state index in [2.05, 4.69) is 4.74 Å². The van der Waals surface area contributed by atoms with Crippen LogP contribution in [0.2, 0.25) is 0 Å². The molecule has 0 aromatic carbocycles. The fourth-order valence-corrected chi connectivity index (χ4v) is 1.44. The molecule has 0 amide bonds. The Labute approximate surface area is 97.7 Å². The Morgan fingerprint density at radius 2 is 1.67 bits per heavy atom. The van der Waals surface area contributed by atoms with Crippen LogP contribution in [0.25, 0.3) is 0 Å². The minimum atomic E-state index is -6.37. The number of ether oxygens (including phenoxy) is 1. The van der Waals surface area contributed by atoms with Crippen LogP contribution in [0.15, 0.2) is 0 Å². The van der Waals surface area contributed by atoms with Crippen molar-refractivity contribution in [1.29, 1.82) is 0 Å². The highest BCUT2D eigenvalue weighted by molar-refractivity contribution is 7.86. The molecule has 1 unspecified atom stereocenters. The van der Waals surface area contributed by atoms with Crippen molar-refractivity contribution in [2.24, 2.45) is 5.92 Å². The number of carbonyl (C=O) groups is 1. The minimum absolute atomic E-state index is 0.181.